The minimum absolute atomic E-state index is 0.0536. The number of hydrogen-bond acceptors (Lipinski definition) is 9. The van der Waals surface area contributed by atoms with Crippen molar-refractivity contribution in [2.45, 2.75) is 58.2 Å². The third-order valence-electron chi connectivity index (χ3n) is 5.04. The monoisotopic (exact) mass is 494 g/mol. The fourth-order valence-corrected chi connectivity index (χ4v) is 3.13. The van der Waals surface area contributed by atoms with Gasteiger partial charge in [0.05, 0.1) is 92.5 Å². The molecule has 34 heavy (non-hydrogen) atoms. The van der Waals surface area contributed by atoms with Crippen LogP contribution in [0.3, 0.4) is 0 Å². The van der Waals surface area contributed by atoms with Crippen molar-refractivity contribution in [3.8, 4) is 0 Å². The van der Waals surface area contributed by atoms with Crippen LogP contribution >= 0.6 is 0 Å². The highest BCUT2D eigenvalue weighted by Crippen LogP contribution is 2.13. The number of unbranched alkanes of at least 4 members (excludes halogenated alkanes) is 3. The van der Waals surface area contributed by atoms with Crippen LogP contribution in [0, 0.1) is 0 Å². The van der Waals surface area contributed by atoms with Crippen molar-refractivity contribution in [1.82, 2.24) is 0 Å². The van der Waals surface area contributed by atoms with Crippen LogP contribution in [0.15, 0.2) is 0 Å². The van der Waals surface area contributed by atoms with Crippen LogP contribution in [-0.4, -0.2) is 112 Å². The van der Waals surface area contributed by atoms with Crippen LogP contribution in [0.25, 0.3) is 0 Å². The zero-order valence-electron chi connectivity index (χ0n) is 21.5. The molecule has 1 fully saturated rings. The topological polar surface area (TPSA) is 83.1 Å². The molecule has 1 saturated heterocycles. The molecule has 0 aromatic rings. The van der Waals surface area contributed by atoms with E-state index in [2.05, 4.69) is 6.92 Å². The minimum atomic E-state index is -0.0536. The Labute approximate surface area is 207 Å². The lowest BCUT2D eigenvalue weighted by molar-refractivity contribution is -0.169. The molecule has 0 aliphatic carbocycles. The van der Waals surface area contributed by atoms with Gasteiger partial charge in [0.25, 0.3) is 0 Å². The molecule has 0 radical (unpaired) electrons. The predicted octanol–water partition coefficient (Wildman–Crippen LogP) is 3.23. The molecule has 0 aromatic carbocycles. The van der Waals surface area contributed by atoms with Gasteiger partial charge in [-0.2, -0.15) is 0 Å². The average molecular weight is 495 g/mol. The van der Waals surface area contributed by atoms with E-state index in [-0.39, 0.29) is 6.29 Å². The van der Waals surface area contributed by atoms with Crippen molar-refractivity contribution in [3.05, 3.63) is 0 Å². The zero-order chi connectivity index (χ0) is 24.2. The largest absolute Gasteiger partial charge is 0.379 e. The van der Waals surface area contributed by atoms with E-state index in [0.717, 1.165) is 32.5 Å². The Morgan fingerprint density at radius 3 is 1.35 bits per heavy atom. The van der Waals surface area contributed by atoms with Crippen molar-refractivity contribution >= 4 is 0 Å². The molecule has 1 aliphatic rings. The van der Waals surface area contributed by atoms with Crippen molar-refractivity contribution in [1.29, 1.82) is 0 Å². The molecule has 9 nitrogen and oxygen atoms in total. The highest BCUT2D eigenvalue weighted by molar-refractivity contribution is 4.53. The van der Waals surface area contributed by atoms with Crippen LogP contribution in [-0.2, 0) is 42.6 Å². The van der Waals surface area contributed by atoms with E-state index >= 15 is 0 Å². The summed E-state index contributed by atoms with van der Waals surface area (Å²) < 4.78 is 49.4. The second-order valence-electron chi connectivity index (χ2n) is 8.01. The first-order valence-electron chi connectivity index (χ1n) is 13.2. The van der Waals surface area contributed by atoms with Gasteiger partial charge in [0.2, 0.25) is 0 Å². The van der Waals surface area contributed by atoms with Crippen LogP contribution in [0.4, 0.5) is 0 Å². The summed E-state index contributed by atoms with van der Waals surface area (Å²) in [5.74, 6) is 0. The van der Waals surface area contributed by atoms with Crippen LogP contribution < -0.4 is 0 Å². The first kappa shape index (κ1) is 31.7. The highest BCUT2D eigenvalue weighted by Gasteiger charge is 2.13. The van der Waals surface area contributed by atoms with Gasteiger partial charge < -0.3 is 42.6 Å². The van der Waals surface area contributed by atoms with Gasteiger partial charge in [-0.3, -0.25) is 0 Å². The molecule has 1 aliphatic heterocycles. The SMILES string of the molecule is CCCCCCOCCOCCOCCOCCOCCOCCOCCOC1CCCCO1. The van der Waals surface area contributed by atoms with Gasteiger partial charge in [0.15, 0.2) is 6.29 Å². The Morgan fingerprint density at radius 1 is 0.500 bits per heavy atom. The lowest BCUT2D eigenvalue weighted by Gasteiger charge is -2.22. The summed E-state index contributed by atoms with van der Waals surface area (Å²) in [5, 5.41) is 0. The summed E-state index contributed by atoms with van der Waals surface area (Å²) in [6.45, 7) is 11.8. The fourth-order valence-electron chi connectivity index (χ4n) is 3.13. The Kier molecular flexibility index (Phi) is 25.4. The smallest absolute Gasteiger partial charge is 0.157 e. The molecule has 0 bridgehead atoms. The summed E-state index contributed by atoms with van der Waals surface area (Å²) in [6, 6.07) is 0. The van der Waals surface area contributed by atoms with Crippen LogP contribution in [0.2, 0.25) is 0 Å². The fraction of sp³-hybridized carbons (Fsp3) is 1.00. The second kappa shape index (κ2) is 27.2. The summed E-state index contributed by atoms with van der Waals surface area (Å²) in [6.07, 6.45) is 8.16. The molecule has 9 heteroatoms. The summed E-state index contributed by atoms with van der Waals surface area (Å²) in [7, 11) is 0. The van der Waals surface area contributed by atoms with Gasteiger partial charge in [0.1, 0.15) is 0 Å². The normalized spacial score (nSPS) is 16.3. The summed E-state index contributed by atoms with van der Waals surface area (Å²) in [5.41, 5.74) is 0. The molecule has 1 atom stereocenters. The van der Waals surface area contributed by atoms with E-state index < -0.39 is 0 Å². The summed E-state index contributed by atoms with van der Waals surface area (Å²) in [4.78, 5) is 0. The van der Waals surface area contributed by atoms with Gasteiger partial charge in [-0.15, -0.1) is 0 Å². The lowest BCUT2D eigenvalue weighted by atomic mass is 10.2. The molecule has 0 saturated carbocycles. The number of rotatable bonds is 27. The standard InChI is InChI=1S/C25H50O9/c1-2-3-4-6-9-26-11-12-27-13-14-28-15-16-29-17-18-30-19-20-31-21-22-32-23-24-34-25-8-5-7-10-33-25/h25H,2-24H2,1H3. The molecule has 204 valence electrons. The maximum absolute atomic E-state index is 5.60. The molecular formula is C25H50O9. The van der Waals surface area contributed by atoms with Gasteiger partial charge in [0, 0.05) is 13.2 Å². The molecule has 0 N–H and O–H groups in total. The molecule has 0 aromatic heterocycles. The maximum Gasteiger partial charge on any atom is 0.157 e. The van der Waals surface area contributed by atoms with E-state index in [4.69, 9.17) is 42.6 Å². The molecule has 1 rings (SSSR count). The van der Waals surface area contributed by atoms with Crippen molar-refractivity contribution in [2.24, 2.45) is 0 Å². The summed E-state index contributed by atoms with van der Waals surface area (Å²) >= 11 is 0. The molecule has 0 amide bonds. The number of hydrogen-bond donors (Lipinski definition) is 0. The van der Waals surface area contributed by atoms with Crippen molar-refractivity contribution < 1.29 is 42.6 Å². The van der Waals surface area contributed by atoms with Gasteiger partial charge >= 0.3 is 0 Å². The van der Waals surface area contributed by atoms with E-state index in [1.54, 1.807) is 0 Å². The van der Waals surface area contributed by atoms with Gasteiger partial charge in [-0.1, -0.05) is 26.2 Å². The molecular weight excluding hydrogens is 444 g/mol. The second-order valence-corrected chi connectivity index (χ2v) is 8.01. The molecule has 1 heterocycles. The third kappa shape index (κ3) is 23.4. The van der Waals surface area contributed by atoms with Crippen LogP contribution in [0.1, 0.15) is 51.9 Å². The Hall–Kier alpha value is -0.360. The molecule has 0 spiro atoms. The highest BCUT2D eigenvalue weighted by atomic mass is 16.7. The number of ether oxygens (including phenoxy) is 9. The van der Waals surface area contributed by atoms with E-state index in [0.29, 0.717) is 92.5 Å². The maximum atomic E-state index is 5.60. The first-order chi connectivity index (χ1) is 16.9. The van der Waals surface area contributed by atoms with Crippen molar-refractivity contribution in [3.63, 3.8) is 0 Å². The molecule has 1 unspecified atom stereocenters. The minimum Gasteiger partial charge on any atom is -0.379 e. The Bertz CT molecular complexity index is 381. The first-order valence-corrected chi connectivity index (χ1v) is 13.2. The average Bonchev–Trinajstić information content (AvgIpc) is 2.87. The lowest BCUT2D eigenvalue weighted by Crippen LogP contribution is -2.24. The van der Waals surface area contributed by atoms with E-state index in [1.807, 2.05) is 0 Å². The van der Waals surface area contributed by atoms with Gasteiger partial charge in [-0.25, -0.2) is 0 Å². The Morgan fingerprint density at radius 2 is 0.941 bits per heavy atom. The van der Waals surface area contributed by atoms with Gasteiger partial charge in [-0.05, 0) is 25.7 Å². The predicted molar refractivity (Wildman–Crippen MR) is 129 cm³/mol. The Balaban J connectivity index is 1.61. The quantitative estimate of drug-likeness (QED) is 0.160. The van der Waals surface area contributed by atoms with Crippen molar-refractivity contribution in [2.75, 3.05) is 106 Å². The van der Waals surface area contributed by atoms with E-state index in [1.165, 1.54) is 25.7 Å². The zero-order valence-corrected chi connectivity index (χ0v) is 21.5. The third-order valence-corrected chi connectivity index (χ3v) is 5.04. The van der Waals surface area contributed by atoms with E-state index in [9.17, 15) is 0 Å². The van der Waals surface area contributed by atoms with Crippen LogP contribution in [0.5, 0.6) is 0 Å².